The molecule has 2 rings (SSSR count). The summed E-state index contributed by atoms with van der Waals surface area (Å²) in [5.74, 6) is -0.333. The summed E-state index contributed by atoms with van der Waals surface area (Å²) in [6.45, 7) is 0.0819. The number of hydrogen-bond acceptors (Lipinski definition) is 6. The van der Waals surface area contributed by atoms with Crippen molar-refractivity contribution in [2.45, 2.75) is 42.6 Å². The molecule has 1 saturated carbocycles. The maximum absolute atomic E-state index is 11.1. The molecular weight excluding hydrogens is 228 g/mol. The molecule has 0 saturated heterocycles. The highest BCUT2D eigenvalue weighted by atomic mass is 32.2. The number of carbonyl (C=O) groups is 1. The van der Waals surface area contributed by atoms with E-state index in [1.54, 1.807) is 11.8 Å². The van der Waals surface area contributed by atoms with Crippen LogP contribution in [0.5, 0.6) is 0 Å². The van der Waals surface area contributed by atoms with Crippen LogP contribution in [0.25, 0.3) is 0 Å². The second-order valence-corrected chi connectivity index (χ2v) is 4.99. The molecule has 1 aliphatic carbocycles. The van der Waals surface area contributed by atoms with Gasteiger partial charge in [0.05, 0.1) is 7.11 Å². The standard InChI is InChI=1S/C9H14N4O2S/c1-15-8(14)6-13-9(10-11-12-13)16-7-4-2-3-5-7/h7H,2-6H2,1H3. The highest BCUT2D eigenvalue weighted by Crippen LogP contribution is 2.33. The average Bonchev–Trinajstić information content (AvgIpc) is 2.92. The SMILES string of the molecule is COC(=O)Cn1nnnc1SC1CCCC1. The monoisotopic (exact) mass is 242 g/mol. The van der Waals surface area contributed by atoms with Crippen LogP contribution >= 0.6 is 11.8 Å². The number of rotatable bonds is 4. The molecular formula is C9H14N4O2S. The van der Waals surface area contributed by atoms with Crippen LogP contribution in [0.3, 0.4) is 0 Å². The Morgan fingerprint density at radius 2 is 2.31 bits per heavy atom. The van der Waals surface area contributed by atoms with Crippen molar-refractivity contribution in [1.82, 2.24) is 20.2 Å². The van der Waals surface area contributed by atoms with E-state index in [0.29, 0.717) is 10.4 Å². The second-order valence-electron chi connectivity index (χ2n) is 3.72. The molecule has 1 aliphatic rings. The minimum absolute atomic E-state index is 0.0819. The first-order valence-corrected chi connectivity index (χ1v) is 6.17. The van der Waals surface area contributed by atoms with Gasteiger partial charge in [0.25, 0.3) is 0 Å². The zero-order valence-corrected chi connectivity index (χ0v) is 9.94. The number of ether oxygens (including phenoxy) is 1. The molecule has 0 spiro atoms. The number of carbonyl (C=O) groups excluding carboxylic acids is 1. The van der Waals surface area contributed by atoms with Crippen LogP contribution in [0.15, 0.2) is 5.16 Å². The lowest BCUT2D eigenvalue weighted by Gasteiger charge is -2.07. The van der Waals surface area contributed by atoms with E-state index in [-0.39, 0.29) is 12.5 Å². The number of esters is 1. The summed E-state index contributed by atoms with van der Waals surface area (Å²) in [7, 11) is 1.36. The minimum Gasteiger partial charge on any atom is -0.468 e. The highest BCUT2D eigenvalue weighted by molar-refractivity contribution is 7.99. The molecule has 16 heavy (non-hydrogen) atoms. The van der Waals surface area contributed by atoms with Gasteiger partial charge in [-0.05, 0) is 23.3 Å². The van der Waals surface area contributed by atoms with Gasteiger partial charge in [0.2, 0.25) is 5.16 Å². The van der Waals surface area contributed by atoms with Crippen LogP contribution in [0.2, 0.25) is 0 Å². The van der Waals surface area contributed by atoms with Crippen LogP contribution in [0, 0.1) is 0 Å². The molecule has 0 amide bonds. The highest BCUT2D eigenvalue weighted by Gasteiger charge is 2.20. The summed E-state index contributed by atoms with van der Waals surface area (Å²) in [4.78, 5) is 11.1. The van der Waals surface area contributed by atoms with E-state index in [0.717, 1.165) is 0 Å². The fourth-order valence-electron chi connectivity index (χ4n) is 1.72. The fraction of sp³-hybridized carbons (Fsp3) is 0.778. The van der Waals surface area contributed by atoms with Crippen molar-refractivity contribution in [1.29, 1.82) is 0 Å². The number of hydrogen-bond donors (Lipinski definition) is 0. The normalized spacial score (nSPS) is 16.6. The van der Waals surface area contributed by atoms with Crippen LogP contribution in [-0.4, -0.2) is 38.5 Å². The van der Waals surface area contributed by atoms with Crippen LogP contribution in [-0.2, 0) is 16.1 Å². The first-order valence-electron chi connectivity index (χ1n) is 5.29. The van der Waals surface area contributed by atoms with E-state index in [9.17, 15) is 4.79 Å². The third kappa shape index (κ3) is 2.72. The topological polar surface area (TPSA) is 69.9 Å². The molecule has 7 heteroatoms. The van der Waals surface area contributed by atoms with Crippen LogP contribution < -0.4 is 0 Å². The molecule has 88 valence electrons. The van der Waals surface area contributed by atoms with Gasteiger partial charge >= 0.3 is 5.97 Å². The summed E-state index contributed by atoms with van der Waals surface area (Å²) in [6.07, 6.45) is 4.96. The van der Waals surface area contributed by atoms with Crippen molar-refractivity contribution >= 4 is 17.7 Å². The van der Waals surface area contributed by atoms with E-state index in [1.165, 1.54) is 37.5 Å². The first kappa shape index (κ1) is 11.4. The fourth-order valence-corrected chi connectivity index (χ4v) is 2.90. The Morgan fingerprint density at radius 3 is 3.00 bits per heavy atom. The number of tetrazole rings is 1. The Bertz CT molecular complexity index is 362. The van der Waals surface area contributed by atoms with E-state index in [4.69, 9.17) is 0 Å². The van der Waals surface area contributed by atoms with Gasteiger partial charge in [-0.15, -0.1) is 5.10 Å². The number of thioether (sulfide) groups is 1. The summed E-state index contributed by atoms with van der Waals surface area (Å²) in [5.41, 5.74) is 0. The van der Waals surface area contributed by atoms with Crippen molar-refractivity contribution in [2.75, 3.05) is 7.11 Å². The van der Waals surface area contributed by atoms with Crippen molar-refractivity contribution < 1.29 is 9.53 Å². The number of nitrogens with zero attached hydrogens (tertiary/aromatic N) is 4. The molecule has 1 heterocycles. The van der Waals surface area contributed by atoms with Gasteiger partial charge in [0, 0.05) is 5.25 Å². The molecule has 1 aromatic heterocycles. The quantitative estimate of drug-likeness (QED) is 0.730. The van der Waals surface area contributed by atoms with Gasteiger partial charge in [-0.25, -0.2) is 4.68 Å². The molecule has 0 unspecified atom stereocenters. The summed E-state index contributed by atoms with van der Waals surface area (Å²) >= 11 is 1.66. The minimum atomic E-state index is -0.333. The lowest BCUT2D eigenvalue weighted by molar-refractivity contribution is -0.141. The van der Waals surface area contributed by atoms with Crippen molar-refractivity contribution in [3.63, 3.8) is 0 Å². The molecule has 0 bridgehead atoms. The second kappa shape index (κ2) is 5.29. The smallest absolute Gasteiger partial charge is 0.327 e. The van der Waals surface area contributed by atoms with Gasteiger partial charge in [-0.3, -0.25) is 4.79 Å². The number of methoxy groups -OCH3 is 1. The lowest BCUT2D eigenvalue weighted by atomic mass is 10.4. The van der Waals surface area contributed by atoms with E-state index < -0.39 is 0 Å². The Labute approximate surface area is 97.7 Å². The zero-order chi connectivity index (χ0) is 11.4. The van der Waals surface area contributed by atoms with Crippen molar-refractivity contribution in [3.8, 4) is 0 Å². The van der Waals surface area contributed by atoms with Gasteiger partial charge in [0.15, 0.2) is 0 Å². The summed E-state index contributed by atoms with van der Waals surface area (Å²) in [5, 5.41) is 12.6. The molecule has 0 N–H and O–H groups in total. The molecule has 6 nitrogen and oxygen atoms in total. The Balaban J connectivity index is 1.97. The maximum Gasteiger partial charge on any atom is 0.327 e. The maximum atomic E-state index is 11.1. The van der Waals surface area contributed by atoms with Crippen LogP contribution in [0.1, 0.15) is 25.7 Å². The average molecular weight is 242 g/mol. The summed E-state index contributed by atoms with van der Waals surface area (Å²) in [6, 6.07) is 0. The van der Waals surface area contributed by atoms with Crippen molar-refractivity contribution in [3.05, 3.63) is 0 Å². The van der Waals surface area contributed by atoms with Gasteiger partial charge in [0.1, 0.15) is 6.54 Å². The molecule has 1 aromatic rings. The Morgan fingerprint density at radius 1 is 1.56 bits per heavy atom. The predicted molar refractivity (Wildman–Crippen MR) is 57.9 cm³/mol. The molecule has 0 radical (unpaired) electrons. The largest absolute Gasteiger partial charge is 0.468 e. The van der Waals surface area contributed by atoms with Gasteiger partial charge < -0.3 is 4.74 Å². The third-order valence-electron chi connectivity index (χ3n) is 2.58. The molecule has 0 aliphatic heterocycles. The molecule has 1 fully saturated rings. The zero-order valence-electron chi connectivity index (χ0n) is 9.13. The molecule has 0 aromatic carbocycles. The lowest BCUT2D eigenvalue weighted by Crippen LogP contribution is -2.14. The van der Waals surface area contributed by atoms with Crippen molar-refractivity contribution in [2.24, 2.45) is 0 Å². The predicted octanol–water partition coefficient (Wildman–Crippen LogP) is 0.881. The third-order valence-corrected chi connectivity index (χ3v) is 3.89. The van der Waals surface area contributed by atoms with Crippen LogP contribution in [0.4, 0.5) is 0 Å². The number of aromatic nitrogens is 4. The van der Waals surface area contributed by atoms with Gasteiger partial charge in [-0.2, -0.15) is 0 Å². The van der Waals surface area contributed by atoms with Gasteiger partial charge in [-0.1, -0.05) is 24.6 Å². The van der Waals surface area contributed by atoms with E-state index in [2.05, 4.69) is 20.3 Å². The van der Waals surface area contributed by atoms with E-state index in [1.807, 2.05) is 0 Å². The molecule has 0 atom stereocenters. The van der Waals surface area contributed by atoms with E-state index >= 15 is 0 Å². The Hall–Kier alpha value is -1.11. The Kier molecular flexibility index (Phi) is 3.76. The summed E-state index contributed by atoms with van der Waals surface area (Å²) < 4.78 is 6.08. The first-order chi connectivity index (χ1) is 7.79.